The van der Waals surface area contributed by atoms with Gasteiger partial charge in [0.25, 0.3) is 0 Å². The third kappa shape index (κ3) is 3.17. The van der Waals surface area contributed by atoms with Gasteiger partial charge in [-0.2, -0.15) is 0 Å². The van der Waals surface area contributed by atoms with Crippen molar-refractivity contribution in [1.82, 2.24) is 0 Å². The Balaban J connectivity index is 1.75. The molecule has 0 saturated heterocycles. The van der Waals surface area contributed by atoms with Crippen molar-refractivity contribution in [1.29, 1.82) is 0 Å². The van der Waals surface area contributed by atoms with Crippen molar-refractivity contribution >= 4 is 39.3 Å². The maximum absolute atomic E-state index is 6.33. The van der Waals surface area contributed by atoms with Crippen LogP contribution in [0.3, 0.4) is 0 Å². The smallest absolute Gasteiger partial charge is 0.217 e. The third-order valence-corrected chi connectivity index (χ3v) is 5.69. The molecular formula is C22H20INO. The lowest BCUT2D eigenvalue weighted by atomic mass is 9.93. The van der Waals surface area contributed by atoms with E-state index in [9.17, 15) is 0 Å². The second kappa shape index (κ2) is 6.45. The summed E-state index contributed by atoms with van der Waals surface area (Å²) in [4.78, 5) is 4.99. The predicted octanol–water partition coefficient (Wildman–Crippen LogP) is 5.61. The highest BCUT2D eigenvalue weighted by atomic mass is 127. The third-order valence-electron chi connectivity index (χ3n) is 4.79. The van der Waals surface area contributed by atoms with E-state index in [4.69, 9.17) is 9.73 Å². The Morgan fingerprint density at radius 2 is 1.68 bits per heavy atom. The first kappa shape index (κ1) is 16.6. The summed E-state index contributed by atoms with van der Waals surface area (Å²) in [5.74, 6) is 0.764. The van der Waals surface area contributed by atoms with Crippen LogP contribution in [0.4, 0.5) is 0 Å². The van der Waals surface area contributed by atoms with Gasteiger partial charge in [-0.05, 0) is 65.9 Å². The molecule has 126 valence electrons. The summed E-state index contributed by atoms with van der Waals surface area (Å²) in [6.07, 6.45) is 0.888. The molecule has 3 aromatic rings. The van der Waals surface area contributed by atoms with Crippen molar-refractivity contribution in [2.75, 3.05) is 0 Å². The van der Waals surface area contributed by atoms with Crippen LogP contribution in [0.15, 0.2) is 71.7 Å². The molecular weight excluding hydrogens is 421 g/mol. The van der Waals surface area contributed by atoms with E-state index in [1.807, 2.05) is 6.07 Å². The van der Waals surface area contributed by atoms with Crippen molar-refractivity contribution in [2.45, 2.75) is 31.9 Å². The highest BCUT2D eigenvalue weighted by Gasteiger charge is 2.39. The summed E-state index contributed by atoms with van der Waals surface area (Å²) in [6, 6.07) is 23.3. The molecule has 3 heteroatoms. The fourth-order valence-corrected chi connectivity index (χ4v) is 4.18. The minimum Gasteiger partial charge on any atom is -0.469 e. The lowest BCUT2D eigenvalue weighted by Gasteiger charge is -2.25. The van der Waals surface area contributed by atoms with E-state index in [-0.39, 0.29) is 11.6 Å². The van der Waals surface area contributed by atoms with E-state index in [1.54, 1.807) is 0 Å². The Hall–Kier alpha value is -1.88. The molecule has 1 aliphatic heterocycles. The van der Waals surface area contributed by atoms with Crippen LogP contribution in [0.1, 0.15) is 25.0 Å². The zero-order chi connectivity index (χ0) is 17.4. The molecule has 0 N–H and O–H groups in total. The number of benzene rings is 3. The molecule has 0 amide bonds. The first-order chi connectivity index (χ1) is 12.0. The lowest BCUT2D eigenvalue weighted by molar-refractivity contribution is 0.0973. The summed E-state index contributed by atoms with van der Waals surface area (Å²) in [5.41, 5.74) is 2.07. The second-order valence-electron chi connectivity index (χ2n) is 6.99. The Kier molecular flexibility index (Phi) is 4.28. The number of rotatable bonds is 3. The molecule has 0 radical (unpaired) electrons. The number of nitrogens with zero attached hydrogens (tertiary/aromatic N) is 1. The van der Waals surface area contributed by atoms with Crippen LogP contribution in [0.2, 0.25) is 0 Å². The first-order valence-corrected chi connectivity index (χ1v) is 9.61. The fraction of sp³-hybridized carbons (Fsp3) is 0.227. The lowest BCUT2D eigenvalue weighted by Crippen LogP contribution is -2.35. The van der Waals surface area contributed by atoms with E-state index >= 15 is 0 Å². The summed E-state index contributed by atoms with van der Waals surface area (Å²) in [7, 11) is 0. The summed E-state index contributed by atoms with van der Waals surface area (Å²) in [5, 5.41) is 2.44. The molecule has 0 bridgehead atoms. The highest BCUT2D eigenvalue weighted by Crippen LogP contribution is 2.33. The minimum absolute atomic E-state index is 0.113. The zero-order valence-corrected chi connectivity index (χ0v) is 16.5. The highest BCUT2D eigenvalue weighted by molar-refractivity contribution is 14.1. The topological polar surface area (TPSA) is 21.6 Å². The van der Waals surface area contributed by atoms with Gasteiger partial charge in [-0.25, -0.2) is 4.99 Å². The molecule has 0 saturated carbocycles. The molecule has 3 aromatic carbocycles. The van der Waals surface area contributed by atoms with Gasteiger partial charge in [-0.3, -0.25) is 0 Å². The van der Waals surface area contributed by atoms with Gasteiger partial charge in [-0.1, -0.05) is 54.6 Å². The van der Waals surface area contributed by atoms with Gasteiger partial charge in [0.1, 0.15) is 5.60 Å². The van der Waals surface area contributed by atoms with Crippen LogP contribution in [0.25, 0.3) is 10.8 Å². The summed E-state index contributed by atoms with van der Waals surface area (Å²) in [6.45, 7) is 4.26. The van der Waals surface area contributed by atoms with E-state index < -0.39 is 0 Å². The van der Waals surface area contributed by atoms with Gasteiger partial charge in [0.2, 0.25) is 5.90 Å². The Morgan fingerprint density at radius 1 is 0.960 bits per heavy atom. The molecule has 0 aliphatic carbocycles. The molecule has 0 unspecified atom stereocenters. The van der Waals surface area contributed by atoms with Gasteiger partial charge < -0.3 is 4.74 Å². The van der Waals surface area contributed by atoms with Crippen molar-refractivity contribution in [3.63, 3.8) is 0 Å². The average molecular weight is 441 g/mol. The molecule has 25 heavy (non-hydrogen) atoms. The van der Waals surface area contributed by atoms with Gasteiger partial charge in [0, 0.05) is 14.5 Å². The maximum atomic E-state index is 6.33. The SMILES string of the molecule is CC1(C)OC(c2cccc3cccc(I)c23)=N[C@H]1Cc1ccccc1. The zero-order valence-electron chi connectivity index (χ0n) is 14.4. The number of ether oxygens (including phenoxy) is 1. The van der Waals surface area contributed by atoms with E-state index in [0.29, 0.717) is 0 Å². The summed E-state index contributed by atoms with van der Waals surface area (Å²) >= 11 is 2.39. The molecule has 0 fully saturated rings. The van der Waals surface area contributed by atoms with Crippen molar-refractivity contribution in [3.8, 4) is 0 Å². The molecule has 2 nitrogen and oxygen atoms in total. The van der Waals surface area contributed by atoms with Crippen molar-refractivity contribution < 1.29 is 4.74 Å². The van der Waals surface area contributed by atoms with E-state index in [2.05, 4.69) is 97.1 Å². The standard InChI is InChI=1S/C22H20INO/c1-22(2)19(14-15-8-4-3-5-9-15)24-21(25-22)17-12-6-10-16-11-7-13-18(23)20(16)17/h3-13,19H,14H2,1-2H3/t19-/m0/s1. The van der Waals surface area contributed by atoms with Crippen LogP contribution in [0.5, 0.6) is 0 Å². The second-order valence-corrected chi connectivity index (χ2v) is 8.15. The molecule has 1 aliphatic rings. The number of hydrogen-bond acceptors (Lipinski definition) is 2. The number of aliphatic imine (C=N–C) groups is 1. The monoisotopic (exact) mass is 441 g/mol. The average Bonchev–Trinajstić information content (AvgIpc) is 2.90. The van der Waals surface area contributed by atoms with Crippen molar-refractivity contribution in [2.24, 2.45) is 4.99 Å². The van der Waals surface area contributed by atoms with Crippen LogP contribution in [-0.4, -0.2) is 17.5 Å². The van der Waals surface area contributed by atoms with Gasteiger partial charge in [0.15, 0.2) is 0 Å². The van der Waals surface area contributed by atoms with Crippen LogP contribution < -0.4 is 0 Å². The van der Waals surface area contributed by atoms with Crippen LogP contribution >= 0.6 is 22.6 Å². The van der Waals surface area contributed by atoms with E-state index in [1.165, 1.54) is 19.9 Å². The number of fused-ring (bicyclic) bond motifs is 1. The summed E-state index contributed by atoms with van der Waals surface area (Å²) < 4.78 is 7.55. The quantitative estimate of drug-likeness (QED) is 0.484. The van der Waals surface area contributed by atoms with Gasteiger partial charge in [-0.15, -0.1) is 0 Å². The largest absolute Gasteiger partial charge is 0.469 e. The minimum atomic E-state index is -0.312. The number of halogens is 1. The molecule has 0 spiro atoms. The number of hydrogen-bond donors (Lipinski definition) is 0. The predicted molar refractivity (Wildman–Crippen MR) is 112 cm³/mol. The molecule has 1 atom stereocenters. The molecule has 0 aromatic heterocycles. The van der Waals surface area contributed by atoms with Gasteiger partial charge in [0.05, 0.1) is 6.04 Å². The van der Waals surface area contributed by atoms with Gasteiger partial charge >= 0.3 is 0 Å². The maximum Gasteiger partial charge on any atom is 0.217 e. The Bertz CT molecular complexity index is 941. The Labute approximate surface area is 162 Å². The van der Waals surface area contributed by atoms with Crippen LogP contribution in [0, 0.1) is 3.57 Å². The Morgan fingerprint density at radius 3 is 2.44 bits per heavy atom. The fourth-order valence-electron chi connectivity index (χ4n) is 3.37. The van der Waals surface area contributed by atoms with Crippen LogP contribution in [-0.2, 0) is 11.2 Å². The normalized spacial score (nSPS) is 18.8. The first-order valence-electron chi connectivity index (χ1n) is 8.53. The molecule has 4 rings (SSSR count). The van der Waals surface area contributed by atoms with E-state index in [0.717, 1.165) is 17.9 Å². The molecule has 1 heterocycles. The van der Waals surface area contributed by atoms with Crippen molar-refractivity contribution in [3.05, 3.63) is 81.4 Å².